The summed E-state index contributed by atoms with van der Waals surface area (Å²) in [6.45, 7) is 2.68. The molecule has 0 rings (SSSR count). The summed E-state index contributed by atoms with van der Waals surface area (Å²) in [6, 6.07) is 0. The third-order valence-corrected chi connectivity index (χ3v) is 5.40. The zero-order valence-electron chi connectivity index (χ0n) is 18.3. The summed E-state index contributed by atoms with van der Waals surface area (Å²) >= 11 is 0. The Labute approximate surface area is 198 Å². The Bertz CT molecular complexity index is 493. The van der Waals surface area contributed by atoms with E-state index >= 15 is 0 Å². The third-order valence-electron chi connectivity index (χ3n) is 4.66. The molecule has 0 radical (unpaired) electrons. The van der Waals surface area contributed by atoms with Crippen LogP contribution in [0, 0.1) is 0 Å². The summed E-state index contributed by atoms with van der Waals surface area (Å²) in [5.41, 5.74) is 0. The SMILES string of the molecule is CCCCCCCCCCCC(=O)NCCN(CCO)C(O)CCS(=O)(=O)[O-].[Na+]. The van der Waals surface area contributed by atoms with Crippen LogP contribution < -0.4 is 34.9 Å². The Hall–Kier alpha value is 0.260. The van der Waals surface area contributed by atoms with Gasteiger partial charge in [-0.3, -0.25) is 9.69 Å². The molecule has 168 valence electrons. The van der Waals surface area contributed by atoms with Crippen LogP contribution >= 0.6 is 0 Å². The van der Waals surface area contributed by atoms with Gasteiger partial charge < -0.3 is 20.1 Å². The topological polar surface area (TPSA) is 130 Å². The van der Waals surface area contributed by atoms with Crippen molar-refractivity contribution in [3.63, 3.8) is 0 Å². The van der Waals surface area contributed by atoms with Crippen LogP contribution in [-0.4, -0.2) is 72.2 Å². The van der Waals surface area contributed by atoms with Crippen LogP contribution in [0.5, 0.6) is 0 Å². The van der Waals surface area contributed by atoms with Crippen LogP contribution in [0.1, 0.15) is 77.6 Å². The van der Waals surface area contributed by atoms with Crippen molar-refractivity contribution < 1.29 is 57.5 Å². The average molecular weight is 447 g/mol. The molecule has 1 unspecified atom stereocenters. The van der Waals surface area contributed by atoms with Gasteiger partial charge in [0.25, 0.3) is 0 Å². The molecule has 1 atom stereocenters. The van der Waals surface area contributed by atoms with Crippen molar-refractivity contribution in [2.45, 2.75) is 83.8 Å². The minimum absolute atomic E-state index is 0. The fourth-order valence-electron chi connectivity index (χ4n) is 2.99. The summed E-state index contributed by atoms with van der Waals surface area (Å²) < 4.78 is 32.0. The van der Waals surface area contributed by atoms with Gasteiger partial charge in [-0.05, 0) is 12.8 Å². The first-order chi connectivity index (χ1) is 13.3. The normalized spacial score (nSPS) is 12.6. The van der Waals surface area contributed by atoms with Gasteiger partial charge in [-0.2, -0.15) is 0 Å². The Morgan fingerprint density at radius 2 is 1.59 bits per heavy atom. The zero-order chi connectivity index (χ0) is 21.3. The maximum Gasteiger partial charge on any atom is 1.00 e. The van der Waals surface area contributed by atoms with Crippen LogP contribution in [0.4, 0.5) is 0 Å². The van der Waals surface area contributed by atoms with Crippen molar-refractivity contribution in [3.8, 4) is 0 Å². The van der Waals surface area contributed by atoms with Gasteiger partial charge in [0.05, 0.1) is 16.7 Å². The number of unbranched alkanes of at least 4 members (excludes halogenated alkanes) is 8. The van der Waals surface area contributed by atoms with Crippen molar-refractivity contribution in [2.24, 2.45) is 0 Å². The molecule has 10 heteroatoms. The molecule has 3 N–H and O–H groups in total. The number of rotatable bonds is 19. The predicted octanol–water partition coefficient (Wildman–Crippen LogP) is -1.42. The first kappa shape index (κ1) is 31.4. The Kier molecular flexibility index (Phi) is 21.9. The molecule has 0 bridgehead atoms. The van der Waals surface area contributed by atoms with E-state index in [1.165, 1.54) is 43.4 Å². The summed E-state index contributed by atoms with van der Waals surface area (Å²) in [5.74, 6) is -0.718. The average Bonchev–Trinajstić information content (AvgIpc) is 2.63. The van der Waals surface area contributed by atoms with E-state index < -0.39 is 22.1 Å². The Morgan fingerprint density at radius 1 is 1.03 bits per heavy atom. The Balaban J connectivity index is 0. The van der Waals surface area contributed by atoms with E-state index in [4.69, 9.17) is 5.11 Å². The summed E-state index contributed by atoms with van der Waals surface area (Å²) in [4.78, 5) is 13.3. The second-order valence-electron chi connectivity index (χ2n) is 7.22. The molecule has 0 aliphatic rings. The largest absolute Gasteiger partial charge is 1.00 e. The standard InChI is InChI=1S/C19H40N2O6S.Na/c1-2-3-4-5-6-7-8-9-10-11-18(23)20-13-14-21(15-16-22)19(24)12-17-28(25,26)27;/h19,22,24H,2-17H2,1H3,(H,20,23)(H,25,26,27);/q;+1/p-1. The molecular formula is C19H39N2NaO6S. The molecule has 0 heterocycles. The maximum absolute atomic E-state index is 11.9. The van der Waals surface area contributed by atoms with Gasteiger partial charge in [-0.15, -0.1) is 0 Å². The van der Waals surface area contributed by atoms with Gasteiger partial charge in [0.15, 0.2) is 0 Å². The van der Waals surface area contributed by atoms with Crippen molar-refractivity contribution in [2.75, 3.05) is 32.0 Å². The second-order valence-corrected chi connectivity index (χ2v) is 8.74. The monoisotopic (exact) mass is 446 g/mol. The zero-order valence-corrected chi connectivity index (χ0v) is 21.1. The molecule has 0 fully saturated rings. The molecule has 0 saturated carbocycles. The molecule has 29 heavy (non-hydrogen) atoms. The molecule has 0 aliphatic carbocycles. The van der Waals surface area contributed by atoms with Gasteiger partial charge in [0, 0.05) is 31.8 Å². The summed E-state index contributed by atoms with van der Waals surface area (Å²) in [5, 5.41) is 21.8. The minimum Gasteiger partial charge on any atom is -0.748 e. The Morgan fingerprint density at radius 3 is 2.10 bits per heavy atom. The molecule has 0 aromatic rings. The number of nitrogens with zero attached hydrogens (tertiary/aromatic N) is 1. The second kappa shape index (κ2) is 20.2. The quantitative estimate of drug-likeness (QED) is 0.0960. The van der Waals surface area contributed by atoms with Crippen LogP contribution in [-0.2, 0) is 14.9 Å². The van der Waals surface area contributed by atoms with E-state index in [0.717, 1.165) is 19.3 Å². The minimum atomic E-state index is -4.39. The fourth-order valence-corrected chi connectivity index (χ4v) is 3.49. The van der Waals surface area contributed by atoms with Gasteiger partial charge in [-0.1, -0.05) is 58.3 Å². The number of carbonyl (C=O) groups excluding carboxylic acids is 1. The smallest absolute Gasteiger partial charge is 0.748 e. The van der Waals surface area contributed by atoms with E-state index in [2.05, 4.69) is 12.2 Å². The summed E-state index contributed by atoms with van der Waals surface area (Å²) in [6.07, 6.45) is 9.80. The predicted molar refractivity (Wildman–Crippen MR) is 109 cm³/mol. The van der Waals surface area contributed by atoms with Crippen molar-refractivity contribution in [3.05, 3.63) is 0 Å². The van der Waals surface area contributed by atoms with E-state index in [1.807, 2.05) is 0 Å². The summed E-state index contributed by atoms with van der Waals surface area (Å²) in [7, 11) is -4.39. The number of nitrogens with one attached hydrogen (secondary N) is 1. The molecular weight excluding hydrogens is 407 g/mol. The van der Waals surface area contributed by atoms with Gasteiger partial charge in [0.1, 0.15) is 6.23 Å². The van der Waals surface area contributed by atoms with Crippen LogP contribution in [0.25, 0.3) is 0 Å². The van der Waals surface area contributed by atoms with E-state index in [9.17, 15) is 22.9 Å². The van der Waals surface area contributed by atoms with Gasteiger partial charge >= 0.3 is 29.6 Å². The van der Waals surface area contributed by atoms with Gasteiger partial charge in [0.2, 0.25) is 5.91 Å². The number of amides is 1. The number of aliphatic hydroxyl groups is 2. The molecule has 0 aromatic carbocycles. The van der Waals surface area contributed by atoms with Gasteiger partial charge in [-0.25, -0.2) is 8.42 Å². The molecule has 8 nitrogen and oxygen atoms in total. The number of carbonyl (C=O) groups is 1. The number of hydrogen-bond acceptors (Lipinski definition) is 7. The molecule has 0 aromatic heterocycles. The molecule has 1 amide bonds. The molecule has 0 spiro atoms. The van der Waals surface area contributed by atoms with Crippen LogP contribution in [0.3, 0.4) is 0 Å². The van der Waals surface area contributed by atoms with Crippen molar-refractivity contribution in [1.29, 1.82) is 0 Å². The first-order valence-electron chi connectivity index (χ1n) is 10.5. The third kappa shape index (κ3) is 21.3. The molecule has 0 saturated heterocycles. The maximum atomic E-state index is 11.9. The number of aliphatic hydroxyl groups excluding tert-OH is 2. The number of hydrogen-bond donors (Lipinski definition) is 3. The van der Waals surface area contributed by atoms with Crippen molar-refractivity contribution in [1.82, 2.24) is 10.2 Å². The molecule has 0 aliphatic heterocycles. The van der Waals surface area contributed by atoms with E-state index in [1.54, 1.807) is 0 Å². The van der Waals surface area contributed by atoms with Crippen molar-refractivity contribution >= 4 is 16.0 Å². The first-order valence-corrected chi connectivity index (χ1v) is 12.1. The van der Waals surface area contributed by atoms with Crippen LogP contribution in [0.2, 0.25) is 0 Å². The van der Waals surface area contributed by atoms with Crippen LogP contribution in [0.15, 0.2) is 0 Å². The van der Waals surface area contributed by atoms with E-state index in [0.29, 0.717) is 6.42 Å². The van der Waals surface area contributed by atoms with E-state index in [-0.39, 0.29) is 68.1 Å². The fraction of sp³-hybridized carbons (Fsp3) is 0.947.